The predicted octanol–water partition coefficient (Wildman–Crippen LogP) is 6.33. The number of thioether (sulfide) groups is 2. The van der Waals surface area contributed by atoms with Crippen LogP contribution in [0.25, 0.3) is 15.9 Å². The molecule has 0 fully saturated rings. The molecule has 0 aliphatic heterocycles. The molecule has 2 aromatic heterocycles. The van der Waals surface area contributed by atoms with E-state index >= 15 is 0 Å². The Kier molecular flexibility index (Phi) is 6.21. The number of rotatable bonds is 7. The van der Waals surface area contributed by atoms with Crippen molar-refractivity contribution in [2.45, 2.75) is 21.0 Å². The Morgan fingerprint density at radius 1 is 0.844 bits per heavy atom. The minimum Gasteiger partial charge on any atom is -0.273 e. The summed E-state index contributed by atoms with van der Waals surface area (Å²) in [6.45, 7) is 0. The molecular formula is C24H17N5S3. The van der Waals surface area contributed by atoms with Crippen molar-refractivity contribution >= 4 is 45.1 Å². The van der Waals surface area contributed by atoms with E-state index in [4.69, 9.17) is 4.98 Å². The minimum atomic E-state index is 0.652. The summed E-state index contributed by atoms with van der Waals surface area (Å²) in [6.07, 6.45) is 0. The lowest BCUT2D eigenvalue weighted by Crippen LogP contribution is -2.02. The molecule has 0 atom stereocenters. The molecule has 5 aromatic rings. The summed E-state index contributed by atoms with van der Waals surface area (Å²) < 4.78 is 4.30. The second kappa shape index (κ2) is 9.57. The third-order valence-corrected chi connectivity index (χ3v) is 7.96. The fraction of sp³-hybridized carbons (Fsp3) is 0.0833. The highest BCUT2D eigenvalue weighted by Crippen LogP contribution is 2.33. The first-order valence-electron chi connectivity index (χ1n) is 9.91. The summed E-state index contributed by atoms with van der Waals surface area (Å²) in [6, 6.07) is 28.3. The fourth-order valence-corrected chi connectivity index (χ4v) is 6.22. The van der Waals surface area contributed by atoms with E-state index in [1.54, 1.807) is 34.9 Å². The Hall–Kier alpha value is -3.12. The highest BCUT2D eigenvalue weighted by Gasteiger charge is 2.16. The van der Waals surface area contributed by atoms with Crippen molar-refractivity contribution in [1.82, 2.24) is 19.7 Å². The van der Waals surface area contributed by atoms with Gasteiger partial charge in [0.2, 0.25) is 0 Å². The van der Waals surface area contributed by atoms with Crippen molar-refractivity contribution in [1.29, 1.82) is 5.26 Å². The highest BCUT2D eigenvalue weighted by molar-refractivity contribution is 8.00. The van der Waals surface area contributed by atoms with Gasteiger partial charge in [-0.3, -0.25) is 4.57 Å². The Bertz CT molecular complexity index is 1370. The quantitative estimate of drug-likeness (QED) is 0.258. The van der Waals surface area contributed by atoms with E-state index in [9.17, 15) is 5.26 Å². The zero-order valence-electron chi connectivity index (χ0n) is 16.9. The zero-order chi connectivity index (χ0) is 21.8. The van der Waals surface area contributed by atoms with Crippen LogP contribution in [0.15, 0.2) is 88.4 Å². The highest BCUT2D eigenvalue weighted by atomic mass is 32.2. The molecule has 0 bridgehead atoms. The van der Waals surface area contributed by atoms with Gasteiger partial charge in [0.1, 0.15) is 5.82 Å². The molecule has 156 valence electrons. The van der Waals surface area contributed by atoms with Crippen molar-refractivity contribution in [3.63, 3.8) is 0 Å². The molecule has 32 heavy (non-hydrogen) atoms. The summed E-state index contributed by atoms with van der Waals surface area (Å²) in [4.78, 5) is 4.72. The van der Waals surface area contributed by atoms with Crippen molar-refractivity contribution in [3.05, 3.63) is 95.8 Å². The van der Waals surface area contributed by atoms with Crippen molar-refractivity contribution in [3.8, 4) is 11.8 Å². The average molecular weight is 472 g/mol. The predicted molar refractivity (Wildman–Crippen MR) is 131 cm³/mol. The topological polar surface area (TPSA) is 67.4 Å². The van der Waals surface area contributed by atoms with E-state index in [2.05, 4.69) is 39.0 Å². The van der Waals surface area contributed by atoms with E-state index in [-0.39, 0.29) is 0 Å². The first-order valence-corrected chi connectivity index (χ1v) is 12.7. The number of hydrogen-bond donors (Lipinski definition) is 0. The van der Waals surface area contributed by atoms with E-state index < -0.39 is 0 Å². The molecule has 3 aromatic carbocycles. The number of fused-ring (bicyclic) bond motifs is 1. The molecule has 5 rings (SSSR count). The van der Waals surface area contributed by atoms with Crippen molar-refractivity contribution in [2.75, 3.05) is 0 Å². The van der Waals surface area contributed by atoms with E-state index in [0.29, 0.717) is 17.1 Å². The maximum Gasteiger partial charge on any atom is 0.196 e. The van der Waals surface area contributed by atoms with Gasteiger partial charge in [-0.05, 0) is 35.9 Å². The molecule has 0 unspecified atom stereocenters. The van der Waals surface area contributed by atoms with Gasteiger partial charge in [0.05, 0.1) is 27.6 Å². The Balaban J connectivity index is 1.41. The van der Waals surface area contributed by atoms with Crippen LogP contribution in [0.5, 0.6) is 0 Å². The van der Waals surface area contributed by atoms with Gasteiger partial charge in [-0.25, -0.2) is 4.98 Å². The normalized spacial score (nSPS) is 11.0. The third-order valence-electron chi connectivity index (χ3n) is 4.81. The molecule has 8 heteroatoms. The van der Waals surface area contributed by atoms with Gasteiger partial charge < -0.3 is 0 Å². The molecule has 0 aliphatic carbocycles. The first-order chi connectivity index (χ1) is 15.8. The molecule has 0 amide bonds. The van der Waals surface area contributed by atoms with Crippen LogP contribution in [0.3, 0.4) is 0 Å². The Morgan fingerprint density at radius 3 is 2.47 bits per heavy atom. The number of nitrogens with zero attached hydrogens (tertiary/aromatic N) is 5. The number of nitriles is 1. The summed E-state index contributed by atoms with van der Waals surface area (Å²) >= 11 is 4.96. The van der Waals surface area contributed by atoms with Crippen LogP contribution < -0.4 is 0 Å². The van der Waals surface area contributed by atoms with Gasteiger partial charge in [0.25, 0.3) is 0 Å². The summed E-state index contributed by atoms with van der Waals surface area (Å²) in [5.41, 5.74) is 3.73. The van der Waals surface area contributed by atoms with Gasteiger partial charge >= 0.3 is 0 Å². The van der Waals surface area contributed by atoms with Gasteiger partial charge in [-0.1, -0.05) is 72.1 Å². The molecule has 0 saturated heterocycles. The van der Waals surface area contributed by atoms with Crippen LogP contribution in [-0.4, -0.2) is 19.7 Å². The number of aromatic nitrogens is 4. The second-order valence-electron chi connectivity index (χ2n) is 6.86. The number of benzene rings is 3. The van der Waals surface area contributed by atoms with Crippen LogP contribution >= 0.6 is 34.9 Å². The van der Waals surface area contributed by atoms with Crippen molar-refractivity contribution < 1.29 is 0 Å². The standard InChI is InChI=1S/C24H17N5S3/c25-14-17-8-4-5-9-18(17)15-30-23-28-27-22(29(23)19-10-2-1-3-11-19)16-31-24-26-20-12-6-7-13-21(20)32-24/h1-13H,15-16H2. The van der Waals surface area contributed by atoms with Gasteiger partial charge in [-0.15, -0.1) is 21.5 Å². The molecule has 0 aliphatic rings. The maximum absolute atomic E-state index is 9.38. The maximum atomic E-state index is 9.38. The molecule has 5 nitrogen and oxygen atoms in total. The van der Waals surface area contributed by atoms with Gasteiger partial charge in [0.15, 0.2) is 9.50 Å². The number of hydrogen-bond acceptors (Lipinski definition) is 7. The van der Waals surface area contributed by atoms with Gasteiger partial charge in [-0.2, -0.15) is 5.26 Å². The number of para-hydroxylation sites is 2. The summed E-state index contributed by atoms with van der Waals surface area (Å²) in [5, 5.41) is 19.2. The SMILES string of the molecule is N#Cc1ccccc1CSc1nnc(CSc2nc3ccccc3s2)n1-c1ccccc1. The summed E-state index contributed by atoms with van der Waals surface area (Å²) in [5.74, 6) is 2.19. The van der Waals surface area contributed by atoms with Crippen molar-refractivity contribution in [2.24, 2.45) is 0 Å². The van der Waals surface area contributed by atoms with Crippen LogP contribution in [0, 0.1) is 11.3 Å². The molecule has 0 spiro atoms. The van der Waals surface area contributed by atoms with E-state index in [1.807, 2.05) is 60.7 Å². The minimum absolute atomic E-state index is 0.652. The molecule has 0 saturated carbocycles. The third kappa shape index (κ3) is 4.41. The largest absolute Gasteiger partial charge is 0.273 e. The van der Waals surface area contributed by atoms with E-state index in [1.165, 1.54) is 4.70 Å². The fourth-order valence-electron chi connectivity index (χ4n) is 3.26. The smallest absolute Gasteiger partial charge is 0.196 e. The van der Waals surface area contributed by atoms with Crippen LogP contribution in [-0.2, 0) is 11.5 Å². The molecule has 0 radical (unpaired) electrons. The molecule has 0 N–H and O–H groups in total. The first kappa shape index (κ1) is 20.8. The Morgan fingerprint density at radius 2 is 1.62 bits per heavy atom. The average Bonchev–Trinajstić information content (AvgIpc) is 3.45. The van der Waals surface area contributed by atoms with Crippen LogP contribution in [0.1, 0.15) is 17.0 Å². The van der Waals surface area contributed by atoms with E-state index in [0.717, 1.165) is 32.1 Å². The number of thiazole rings is 1. The second-order valence-corrected chi connectivity index (χ2v) is 10.1. The van der Waals surface area contributed by atoms with Gasteiger partial charge in [0, 0.05) is 11.4 Å². The van der Waals surface area contributed by atoms with Crippen LogP contribution in [0.4, 0.5) is 0 Å². The van der Waals surface area contributed by atoms with Crippen LogP contribution in [0.2, 0.25) is 0 Å². The zero-order valence-corrected chi connectivity index (χ0v) is 19.3. The monoisotopic (exact) mass is 471 g/mol. The Labute approximate surface area is 198 Å². The molecule has 2 heterocycles. The summed E-state index contributed by atoms with van der Waals surface area (Å²) in [7, 11) is 0. The lowest BCUT2D eigenvalue weighted by molar-refractivity contribution is 0.864. The lowest BCUT2D eigenvalue weighted by Gasteiger charge is -2.10. The lowest BCUT2D eigenvalue weighted by atomic mass is 10.1. The molecular weight excluding hydrogens is 455 g/mol.